The number of carbonyl (C=O) groups excluding carboxylic acids is 1. The molecule has 146 valence electrons. The van der Waals surface area contributed by atoms with Gasteiger partial charge in [0.1, 0.15) is 17.7 Å². The third-order valence-corrected chi connectivity index (χ3v) is 5.41. The molecule has 7 heteroatoms. The van der Waals surface area contributed by atoms with E-state index in [9.17, 15) is 9.18 Å². The van der Waals surface area contributed by atoms with Crippen molar-refractivity contribution in [2.24, 2.45) is 7.05 Å². The number of halogens is 1. The van der Waals surface area contributed by atoms with E-state index in [1.807, 2.05) is 47.2 Å². The second-order valence-corrected chi connectivity index (χ2v) is 7.21. The van der Waals surface area contributed by atoms with E-state index in [0.717, 1.165) is 29.4 Å². The molecule has 0 radical (unpaired) electrons. The zero-order chi connectivity index (χ0) is 19.8. The molecule has 3 heterocycles. The van der Waals surface area contributed by atoms with Crippen molar-refractivity contribution in [3.63, 3.8) is 0 Å². The first-order chi connectivity index (χ1) is 13.5. The maximum Gasteiger partial charge on any atom is 0.256 e. The Labute approximate surface area is 163 Å². The molecule has 1 amide bonds. The van der Waals surface area contributed by atoms with E-state index < -0.39 is 0 Å². The number of amides is 1. The van der Waals surface area contributed by atoms with Crippen LogP contribution in [0.2, 0.25) is 0 Å². The molecule has 0 aliphatic carbocycles. The number of aromatic nitrogens is 3. The first-order valence-electron chi connectivity index (χ1n) is 9.41. The molecule has 0 saturated carbocycles. The first-order valence-corrected chi connectivity index (χ1v) is 9.41. The van der Waals surface area contributed by atoms with Crippen molar-refractivity contribution in [2.45, 2.75) is 19.9 Å². The third kappa shape index (κ3) is 3.11. The van der Waals surface area contributed by atoms with Crippen molar-refractivity contribution < 1.29 is 9.18 Å². The minimum atomic E-state index is -0.277. The van der Waals surface area contributed by atoms with Crippen LogP contribution in [-0.4, -0.2) is 44.6 Å². The first kappa shape index (κ1) is 18.4. The molecular formula is C21H24FN5O. The third-order valence-electron chi connectivity index (χ3n) is 5.41. The topological polar surface area (TPSA) is 55.1 Å². The predicted molar refractivity (Wildman–Crippen MR) is 105 cm³/mol. The molecule has 4 rings (SSSR count). The fourth-order valence-electron chi connectivity index (χ4n) is 4.00. The summed E-state index contributed by atoms with van der Waals surface area (Å²) in [5.74, 6) is 0.588. The molecule has 1 N–H and O–H groups in total. The molecule has 2 aromatic heterocycles. The Morgan fingerprint density at radius 2 is 2.00 bits per heavy atom. The molecule has 1 saturated heterocycles. The smallest absolute Gasteiger partial charge is 0.256 e. The second kappa shape index (κ2) is 7.24. The molecular weight excluding hydrogens is 357 g/mol. The monoisotopic (exact) mass is 381 g/mol. The van der Waals surface area contributed by atoms with Gasteiger partial charge in [-0.05, 0) is 44.2 Å². The number of hydrogen-bond donors (Lipinski definition) is 1. The van der Waals surface area contributed by atoms with Crippen LogP contribution in [0, 0.1) is 19.7 Å². The van der Waals surface area contributed by atoms with Gasteiger partial charge in [-0.15, -0.1) is 0 Å². The molecule has 1 atom stereocenters. The minimum Gasteiger partial charge on any atom is -0.336 e. The van der Waals surface area contributed by atoms with E-state index in [-0.39, 0.29) is 17.8 Å². The number of benzene rings is 1. The average molecular weight is 381 g/mol. The average Bonchev–Trinajstić information content (AvgIpc) is 3.25. The van der Waals surface area contributed by atoms with Crippen molar-refractivity contribution in [1.29, 1.82) is 0 Å². The van der Waals surface area contributed by atoms with Gasteiger partial charge in [0.2, 0.25) is 0 Å². The summed E-state index contributed by atoms with van der Waals surface area (Å²) < 4.78 is 17.3. The molecule has 1 aromatic carbocycles. The van der Waals surface area contributed by atoms with E-state index in [1.54, 1.807) is 18.3 Å². The van der Waals surface area contributed by atoms with Gasteiger partial charge in [-0.2, -0.15) is 0 Å². The summed E-state index contributed by atoms with van der Waals surface area (Å²) in [7, 11) is 1.94. The van der Waals surface area contributed by atoms with Crippen LogP contribution in [0.4, 0.5) is 4.39 Å². The summed E-state index contributed by atoms with van der Waals surface area (Å²) in [5.41, 5.74) is 3.31. The van der Waals surface area contributed by atoms with Crippen LogP contribution >= 0.6 is 0 Å². The van der Waals surface area contributed by atoms with Crippen LogP contribution in [-0.2, 0) is 7.05 Å². The van der Waals surface area contributed by atoms with Crippen LogP contribution in [0.1, 0.15) is 33.6 Å². The Morgan fingerprint density at radius 1 is 1.25 bits per heavy atom. The van der Waals surface area contributed by atoms with E-state index in [2.05, 4.69) is 10.3 Å². The molecule has 1 aliphatic heterocycles. The Bertz CT molecular complexity index is 1000. The van der Waals surface area contributed by atoms with Crippen molar-refractivity contribution in [2.75, 3.05) is 19.6 Å². The van der Waals surface area contributed by atoms with Crippen molar-refractivity contribution in [1.82, 2.24) is 24.3 Å². The summed E-state index contributed by atoms with van der Waals surface area (Å²) >= 11 is 0. The minimum absolute atomic E-state index is 0.00374. The van der Waals surface area contributed by atoms with Crippen molar-refractivity contribution in [3.8, 4) is 5.69 Å². The quantitative estimate of drug-likeness (QED) is 0.759. The number of piperazine rings is 1. The van der Waals surface area contributed by atoms with Crippen LogP contribution in [0.5, 0.6) is 0 Å². The fraction of sp³-hybridized carbons (Fsp3) is 0.333. The fourth-order valence-corrected chi connectivity index (χ4v) is 4.00. The lowest BCUT2D eigenvalue weighted by Crippen LogP contribution is -2.49. The maximum absolute atomic E-state index is 13.5. The van der Waals surface area contributed by atoms with Gasteiger partial charge in [0.15, 0.2) is 0 Å². The Hall–Kier alpha value is -2.93. The zero-order valence-electron chi connectivity index (χ0n) is 16.3. The summed E-state index contributed by atoms with van der Waals surface area (Å²) in [6.07, 6.45) is 3.65. The van der Waals surface area contributed by atoms with Gasteiger partial charge in [-0.3, -0.25) is 4.79 Å². The Morgan fingerprint density at radius 3 is 2.68 bits per heavy atom. The lowest BCUT2D eigenvalue weighted by Gasteiger charge is -2.35. The van der Waals surface area contributed by atoms with Crippen molar-refractivity contribution >= 4 is 5.91 Å². The van der Waals surface area contributed by atoms with Crippen LogP contribution in [0.25, 0.3) is 5.69 Å². The Kier molecular flexibility index (Phi) is 4.77. The lowest BCUT2D eigenvalue weighted by molar-refractivity contribution is 0.0620. The van der Waals surface area contributed by atoms with Gasteiger partial charge >= 0.3 is 0 Å². The normalized spacial score (nSPS) is 17.1. The number of rotatable bonds is 3. The highest BCUT2D eigenvalue weighted by Gasteiger charge is 2.32. The van der Waals surface area contributed by atoms with E-state index in [0.29, 0.717) is 18.7 Å². The number of nitrogens with zero attached hydrogens (tertiary/aromatic N) is 4. The maximum atomic E-state index is 13.5. The van der Waals surface area contributed by atoms with Gasteiger partial charge in [0, 0.05) is 56.2 Å². The summed E-state index contributed by atoms with van der Waals surface area (Å²) in [6.45, 7) is 5.94. The van der Waals surface area contributed by atoms with E-state index in [4.69, 9.17) is 0 Å². The molecule has 0 bridgehead atoms. The number of imidazole rings is 1. The van der Waals surface area contributed by atoms with Gasteiger partial charge < -0.3 is 19.4 Å². The highest BCUT2D eigenvalue weighted by molar-refractivity contribution is 5.96. The second-order valence-electron chi connectivity index (χ2n) is 7.21. The van der Waals surface area contributed by atoms with E-state index >= 15 is 0 Å². The molecule has 28 heavy (non-hydrogen) atoms. The van der Waals surface area contributed by atoms with Crippen LogP contribution < -0.4 is 5.32 Å². The molecule has 6 nitrogen and oxygen atoms in total. The largest absolute Gasteiger partial charge is 0.336 e. The van der Waals surface area contributed by atoms with Gasteiger partial charge in [0.25, 0.3) is 5.91 Å². The molecule has 0 spiro atoms. The number of carbonyl (C=O) groups is 1. The lowest BCUT2D eigenvalue weighted by atomic mass is 10.1. The van der Waals surface area contributed by atoms with Crippen LogP contribution in [0.3, 0.4) is 0 Å². The predicted octanol–water partition coefficient (Wildman–Crippen LogP) is 2.75. The number of aryl methyl sites for hydroxylation is 2. The SMILES string of the molecule is Cc1cc(C(=O)N2CCNCC2c2nccn2C)c(C)n1-c1ccc(F)cc1. The number of nitrogens with one attached hydrogen (secondary N) is 1. The Balaban J connectivity index is 1.70. The summed E-state index contributed by atoms with van der Waals surface area (Å²) in [4.78, 5) is 19.8. The molecule has 3 aromatic rings. The summed E-state index contributed by atoms with van der Waals surface area (Å²) in [6, 6.07) is 8.12. The molecule has 1 unspecified atom stereocenters. The van der Waals surface area contributed by atoms with E-state index in [1.165, 1.54) is 12.1 Å². The van der Waals surface area contributed by atoms with Crippen molar-refractivity contribution in [3.05, 3.63) is 71.3 Å². The highest BCUT2D eigenvalue weighted by Crippen LogP contribution is 2.27. The van der Waals surface area contributed by atoms with Gasteiger partial charge in [0.05, 0.1) is 5.56 Å². The van der Waals surface area contributed by atoms with Crippen LogP contribution in [0.15, 0.2) is 42.7 Å². The zero-order valence-corrected chi connectivity index (χ0v) is 16.3. The highest BCUT2D eigenvalue weighted by atomic mass is 19.1. The summed E-state index contributed by atoms with van der Waals surface area (Å²) in [5, 5.41) is 3.36. The van der Waals surface area contributed by atoms with Gasteiger partial charge in [-0.1, -0.05) is 0 Å². The van der Waals surface area contributed by atoms with Gasteiger partial charge in [-0.25, -0.2) is 9.37 Å². The standard InChI is InChI=1S/C21H24FN5O/c1-14-12-18(15(2)27(14)17-6-4-16(22)5-7-17)21(28)26-11-8-23-13-19(26)20-24-9-10-25(20)3/h4-7,9-10,12,19,23H,8,11,13H2,1-3H3. The molecule has 1 fully saturated rings. The molecule has 1 aliphatic rings. The number of hydrogen-bond acceptors (Lipinski definition) is 3.